The Kier molecular flexibility index (Phi) is 6.09. The molecule has 8 heteroatoms. The van der Waals surface area contributed by atoms with E-state index < -0.39 is 10.0 Å². The van der Waals surface area contributed by atoms with Crippen LogP contribution in [0.3, 0.4) is 0 Å². The molecule has 0 unspecified atom stereocenters. The van der Waals surface area contributed by atoms with E-state index in [1.165, 1.54) is 40.2 Å². The summed E-state index contributed by atoms with van der Waals surface area (Å²) in [6.07, 6.45) is 2.35. The molecule has 1 aliphatic heterocycles. The predicted molar refractivity (Wildman–Crippen MR) is 87.0 cm³/mol. The van der Waals surface area contributed by atoms with Gasteiger partial charge in [0.25, 0.3) is 0 Å². The zero-order valence-electron chi connectivity index (χ0n) is 13.8. The van der Waals surface area contributed by atoms with Crippen molar-refractivity contribution >= 4 is 10.0 Å². The summed E-state index contributed by atoms with van der Waals surface area (Å²) in [5, 5.41) is 0. The van der Waals surface area contributed by atoms with Crippen LogP contribution in [0, 0.1) is 0 Å². The van der Waals surface area contributed by atoms with Crippen molar-refractivity contribution in [2.24, 2.45) is 0 Å². The quantitative estimate of drug-likeness (QED) is 0.761. The fourth-order valence-electron chi connectivity index (χ4n) is 2.71. The van der Waals surface area contributed by atoms with Crippen molar-refractivity contribution in [2.45, 2.75) is 17.7 Å². The van der Waals surface area contributed by atoms with Crippen LogP contribution >= 0.6 is 0 Å². The normalized spacial score (nSPS) is 15.6. The van der Waals surface area contributed by atoms with Gasteiger partial charge in [-0.15, -0.1) is 0 Å². The first-order valence-electron chi connectivity index (χ1n) is 7.54. The Hall–Kier alpha value is -1.51. The van der Waals surface area contributed by atoms with Gasteiger partial charge in [0.15, 0.2) is 11.5 Å². The van der Waals surface area contributed by atoms with Crippen LogP contribution in [0.2, 0.25) is 0 Å². The molecule has 0 saturated carbocycles. The second-order valence-corrected chi connectivity index (χ2v) is 7.01. The van der Waals surface area contributed by atoms with Crippen molar-refractivity contribution in [3.8, 4) is 17.2 Å². The van der Waals surface area contributed by atoms with Crippen molar-refractivity contribution in [3.63, 3.8) is 0 Å². The molecule has 0 atom stereocenters. The fraction of sp³-hybridized carbons (Fsp3) is 0.600. The Morgan fingerprint density at radius 1 is 1.04 bits per heavy atom. The highest BCUT2D eigenvalue weighted by atomic mass is 32.2. The van der Waals surface area contributed by atoms with Crippen molar-refractivity contribution in [3.05, 3.63) is 12.1 Å². The topological polar surface area (TPSA) is 77.1 Å². The van der Waals surface area contributed by atoms with Crippen LogP contribution < -0.4 is 18.9 Å². The van der Waals surface area contributed by atoms with Gasteiger partial charge in [0.05, 0.1) is 21.3 Å². The summed E-state index contributed by atoms with van der Waals surface area (Å²) in [7, 11) is 0.642. The number of nitrogens with zero attached hydrogens (tertiary/aromatic N) is 1. The third kappa shape index (κ3) is 4.07. The van der Waals surface area contributed by atoms with Crippen molar-refractivity contribution in [1.82, 2.24) is 9.62 Å². The Labute approximate surface area is 137 Å². The van der Waals surface area contributed by atoms with E-state index in [0.717, 1.165) is 13.1 Å². The highest BCUT2D eigenvalue weighted by molar-refractivity contribution is 7.89. The van der Waals surface area contributed by atoms with E-state index in [1.54, 1.807) is 6.07 Å². The molecule has 130 valence electrons. The molecule has 1 aliphatic rings. The molecule has 0 radical (unpaired) electrons. The van der Waals surface area contributed by atoms with Crippen molar-refractivity contribution in [2.75, 3.05) is 47.5 Å². The van der Waals surface area contributed by atoms with E-state index in [9.17, 15) is 8.42 Å². The minimum Gasteiger partial charge on any atom is -0.493 e. The lowest BCUT2D eigenvalue weighted by molar-refractivity contribution is 0.318. The zero-order chi connectivity index (χ0) is 16.9. The number of hydrogen-bond donors (Lipinski definition) is 1. The molecule has 7 nitrogen and oxygen atoms in total. The van der Waals surface area contributed by atoms with Crippen LogP contribution in [0.25, 0.3) is 0 Å². The maximum absolute atomic E-state index is 12.5. The molecule has 0 aliphatic carbocycles. The lowest BCUT2D eigenvalue weighted by atomic mass is 10.3. The Morgan fingerprint density at radius 3 is 2.26 bits per heavy atom. The smallest absolute Gasteiger partial charge is 0.244 e. The zero-order valence-corrected chi connectivity index (χ0v) is 14.6. The predicted octanol–water partition coefficient (Wildman–Crippen LogP) is 1.09. The summed E-state index contributed by atoms with van der Waals surface area (Å²) in [4.78, 5) is 2.29. The molecule has 1 N–H and O–H groups in total. The molecule has 0 amide bonds. The summed E-state index contributed by atoms with van der Waals surface area (Å²) in [6, 6.07) is 3.01. The first-order valence-corrected chi connectivity index (χ1v) is 9.02. The number of benzene rings is 1. The van der Waals surface area contributed by atoms with Gasteiger partial charge in [-0.05, 0) is 38.1 Å². The van der Waals surface area contributed by atoms with Gasteiger partial charge in [0.2, 0.25) is 15.8 Å². The van der Waals surface area contributed by atoms with Gasteiger partial charge < -0.3 is 19.1 Å². The third-order valence-corrected chi connectivity index (χ3v) is 5.36. The Bertz CT molecular complexity index is 627. The number of rotatable bonds is 8. The molecule has 0 aromatic heterocycles. The number of hydrogen-bond acceptors (Lipinski definition) is 6. The maximum atomic E-state index is 12.5. The van der Waals surface area contributed by atoms with E-state index in [0.29, 0.717) is 18.8 Å². The minimum absolute atomic E-state index is 0.0408. The number of sulfonamides is 1. The fourth-order valence-corrected chi connectivity index (χ4v) is 3.89. The van der Waals surface area contributed by atoms with Gasteiger partial charge >= 0.3 is 0 Å². The van der Waals surface area contributed by atoms with Gasteiger partial charge in [-0.1, -0.05) is 0 Å². The molecular weight excluding hydrogens is 320 g/mol. The summed E-state index contributed by atoms with van der Waals surface area (Å²) in [5.74, 6) is 0.818. The first kappa shape index (κ1) is 17.8. The molecule has 23 heavy (non-hydrogen) atoms. The third-order valence-electron chi connectivity index (χ3n) is 3.88. The maximum Gasteiger partial charge on any atom is 0.244 e. The average molecular weight is 344 g/mol. The summed E-state index contributed by atoms with van der Waals surface area (Å²) in [6.45, 7) is 3.12. The van der Waals surface area contributed by atoms with E-state index in [2.05, 4.69) is 9.62 Å². The molecule has 1 saturated heterocycles. The summed E-state index contributed by atoms with van der Waals surface area (Å²) in [5.41, 5.74) is 0. The Morgan fingerprint density at radius 2 is 1.70 bits per heavy atom. The highest BCUT2D eigenvalue weighted by Gasteiger charge is 2.25. The van der Waals surface area contributed by atoms with E-state index in [-0.39, 0.29) is 16.4 Å². The van der Waals surface area contributed by atoms with Crippen LogP contribution in [-0.2, 0) is 10.0 Å². The molecule has 2 rings (SSSR count). The van der Waals surface area contributed by atoms with Gasteiger partial charge in [0, 0.05) is 13.1 Å². The molecule has 0 spiro atoms. The van der Waals surface area contributed by atoms with Crippen LogP contribution in [-0.4, -0.2) is 60.8 Å². The number of ether oxygens (including phenoxy) is 3. The minimum atomic E-state index is -3.69. The SMILES string of the molecule is COc1ccc(S(=O)(=O)NCCN2CCCC2)c(OC)c1OC. The van der Waals surface area contributed by atoms with Gasteiger partial charge in [-0.25, -0.2) is 13.1 Å². The van der Waals surface area contributed by atoms with E-state index in [1.807, 2.05) is 0 Å². The molecular formula is C15H24N2O5S. The second kappa shape index (κ2) is 7.85. The number of methoxy groups -OCH3 is 3. The molecule has 1 fully saturated rings. The first-order chi connectivity index (χ1) is 11.0. The Balaban J connectivity index is 2.17. The number of likely N-dealkylation sites (tertiary alicyclic amines) is 1. The second-order valence-electron chi connectivity index (χ2n) is 5.28. The molecule has 0 bridgehead atoms. The molecule has 1 aromatic carbocycles. The largest absolute Gasteiger partial charge is 0.493 e. The average Bonchev–Trinajstić information content (AvgIpc) is 3.06. The van der Waals surface area contributed by atoms with E-state index >= 15 is 0 Å². The van der Waals surface area contributed by atoms with Crippen LogP contribution in [0.15, 0.2) is 17.0 Å². The molecule has 1 heterocycles. The van der Waals surface area contributed by atoms with E-state index in [4.69, 9.17) is 14.2 Å². The standard InChI is InChI=1S/C15H24N2O5S/c1-20-12-6-7-13(15(22-3)14(12)21-2)23(18,19)16-8-11-17-9-4-5-10-17/h6-7,16H,4-5,8-11H2,1-3H3. The van der Waals surface area contributed by atoms with Crippen molar-refractivity contribution in [1.29, 1.82) is 0 Å². The number of nitrogens with one attached hydrogen (secondary N) is 1. The lowest BCUT2D eigenvalue weighted by Crippen LogP contribution is -2.33. The van der Waals surface area contributed by atoms with Crippen LogP contribution in [0.1, 0.15) is 12.8 Å². The monoisotopic (exact) mass is 344 g/mol. The van der Waals surface area contributed by atoms with Gasteiger partial charge in [-0.3, -0.25) is 0 Å². The highest BCUT2D eigenvalue weighted by Crippen LogP contribution is 2.41. The molecule has 1 aromatic rings. The summed E-state index contributed by atoms with van der Waals surface area (Å²) < 4.78 is 43.4. The van der Waals surface area contributed by atoms with Crippen LogP contribution in [0.5, 0.6) is 17.2 Å². The van der Waals surface area contributed by atoms with Gasteiger partial charge in [0.1, 0.15) is 4.90 Å². The van der Waals surface area contributed by atoms with Gasteiger partial charge in [-0.2, -0.15) is 0 Å². The van der Waals surface area contributed by atoms with Crippen LogP contribution in [0.4, 0.5) is 0 Å². The lowest BCUT2D eigenvalue weighted by Gasteiger charge is -2.17. The summed E-state index contributed by atoms with van der Waals surface area (Å²) >= 11 is 0. The van der Waals surface area contributed by atoms with Crippen molar-refractivity contribution < 1.29 is 22.6 Å².